The number of aromatic nitrogens is 2. The molecule has 0 saturated heterocycles. The summed E-state index contributed by atoms with van der Waals surface area (Å²) in [6.07, 6.45) is 0. The maximum absolute atomic E-state index is 14.0. The van der Waals surface area contributed by atoms with Gasteiger partial charge in [-0.05, 0) is 32.9 Å². The minimum Gasteiger partial charge on any atom is -0.456 e. The van der Waals surface area contributed by atoms with Gasteiger partial charge in [0.2, 0.25) is 0 Å². The Morgan fingerprint density at radius 2 is 2.05 bits per heavy atom. The van der Waals surface area contributed by atoms with Crippen molar-refractivity contribution in [2.45, 2.75) is 31.7 Å². The Morgan fingerprint density at radius 3 is 2.62 bits per heavy atom. The molecule has 21 heavy (non-hydrogen) atoms. The number of carbonyl (C=O) groups excluding carboxylic acids is 1. The van der Waals surface area contributed by atoms with Crippen LogP contribution in [0.5, 0.6) is 0 Å². The van der Waals surface area contributed by atoms with E-state index in [1.165, 1.54) is 6.07 Å². The molecule has 0 radical (unpaired) electrons. The van der Waals surface area contributed by atoms with Gasteiger partial charge in [-0.15, -0.1) is 0 Å². The van der Waals surface area contributed by atoms with E-state index >= 15 is 0 Å². The summed E-state index contributed by atoms with van der Waals surface area (Å²) in [7, 11) is 0. The van der Waals surface area contributed by atoms with Crippen molar-refractivity contribution in [3.8, 4) is 11.3 Å². The number of alkyl halides is 1. The van der Waals surface area contributed by atoms with E-state index in [-0.39, 0.29) is 11.1 Å². The van der Waals surface area contributed by atoms with E-state index in [1.54, 1.807) is 39.0 Å². The zero-order chi connectivity index (χ0) is 15.6. The number of carbonyl (C=O) groups is 1. The van der Waals surface area contributed by atoms with Crippen molar-refractivity contribution >= 4 is 21.9 Å². The minimum atomic E-state index is -0.634. The Bertz CT molecular complexity index is 662. The molecule has 0 aliphatic carbocycles. The number of nitrogens with zero attached hydrogens (tertiary/aromatic N) is 1. The second kappa shape index (κ2) is 5.97. The fourth-order valence-electron chi connectivity index (χ4n) is 1.88. The van der Waals surface area contributed by atoms with Gasteiger partial charge in [-0.1, -0.05) is 28.1 Å². The number of hydrogen-bond acceptors (Lipinski definition) is 3. The highest BCUT2D eigenvalue weighted by molar-refractivity contribution is 9.08. The highest BCUT2D eigenvalue weighted by Crippen LogP contribution is 2.29. The quantitative estimate of drug-likeness (QED) is 0.667. The van der Waals surface area contributed by atoms with Crippen molar-refractivity contribution in [3.63, 3.8) is 0 Å². The Balaban J connectivity index is 2.52. The molecular formula is C15H16BrFN2O2. The van der Waals surface area contributed by atoms with Crippen LogP contribution in [0.1, 0.15) is 36.8 Å². The Kier molecular flexibility index (Phi) is 4.46. The average Bonchev–Trinajstić information content (AvgIpc) is 2.81. The van der Waals surface area contributed by atoms with Crippen LogP contribution in [0.2, 0.25) is 0 Å². The first kappa shape index (κ1) is 15.7. The lowest BCUT2D eigenvalue weighted by molar-refractivity contribution is 0.00697. The molecule has 2 aromatic rings. The Morgan fingerprint density at radius 1 is 1.38 bits per heavy atom. The van der Waals surface area contributed by atoms with E-state index in [0.29, 0.717) is 16.7 Å². The molecule has 0 unspecified atom stereocenters. The first-order chi connectivity index (χ1) is 9.83. The topological polar surface area (TPSA) is 55.0 Å². The number of hydrogen-bond donors (Lipinski definition) is 1. The van der Waals surface area contributed by atoms with Crippen molar-refractivity contribution in [2.24, 2.45) is 0 Å². The smallest absolute Gasteiger partial charge is 0.342 e. The zero-order valence-corrected chi connectivity index (χ0v) is 13.6. The van der Waals surface area contributed by atoms with Gasteiger partial charge in [0, 0.05) is 10.9 Å². The fourth-order valence-corrected chi connectivity index (χ4v) is 2.29. The molecule has 0 bridgehead atoms. The van der Waals surface area contributed by atoms with Crippen LogP contribution in [-0.4, -0.2) is 21.8 Å². The number of ether oxygens (including phenoxy) is 1. The molecule has 0 aliphatic rings. The molecule has 112 valence electrons. The summed E-state index contributed by atoms with van der Waals surface area (Å²) in [5.41, 5.74) is 0.731. The summed E-state index contributed by atoms with van der Waals surface area (Å²) >= 11 is 3.28. The van der Waals surface area contributed by atoms with Gasteiger partial charge in [0.15, 0.2) is 0 Å². The molecule has 0 saturated carbocycles. The number of benzene rings is 1. The van der Waals surface area contributed by atoms with E-state index in [0.717, 1.165) is 0 Å². The number of rotatable bonds is 3. The van der Waals surface area contributed by atoms with Crippen LogP contribution in [0, 0.1) is 5.82 Å². The maximum atomic E-state index is 14.0. The fraction of sp³-hybridized carbons (Fsp3) is 0.333. The van der Waals surface area contributed by atoms with Gasteiger partial charge >= 0.3 is 5.97 Å². The molecule has 1 heterocycles. The third kappa shape index (κ3) is 3.50. The first-order valence-electron chi connectivity index (χ1n) is 6.45. The van der Waals surface area contributed by atoms with Crippen molar-refractivity contribution in [2.75, 3.05) is 0 Å². The predicted octanol–water partition coefficient (Wildman–Crippen LogP) is 4.07. The molecule has 0 spiro atoms. The second-order valence-electron chi connectivity index (χ2n) is 5.54. The Labute approximate surface area is 130 Å². The summed E-state index contributed by atoms with van der Waals surface area (Å²) in [6, 6.07) is 6.22. The van der Waals surface area contributed by atoms with Gasteiger partial charge in [-0.25, -0.2) is 9.18 Å². The SMILES string of the molecule is CC(C)(C)OC(=O)c1c(CBr)n[nH]c1-c1ccccc1F. The maximum Gasteiger partial charge on any atom is 0.342 e. The lowest BCUT2D eigenvalue weighted by Gasteiger charge is -2.19. The Hall–Kier alpha value is -1.69. The van der Waals surface area contributed by atoms with Crippen LogP contribution in [0.15, 0.2) is 24.3 Å². The number of H-pyrrole nitrogens is 1. The van der Waals surface area contributed by atoms with Gasteiger partial charge in [0.05, 0.1) is 11.4 Å². The molecule has 1 N–H and O–H groups in total. The van der Waals surface area contributed by atoms with Crippen LogP contribution >= 0.6 is 15.9 Å². The van der Waals surface area contributed by atoms with Crippen LogP contribution in [0.25, 0.3) is 11.3 Å². The van der Waals surface area contributed by atoms with Gasteiger partial charge in [0.1, 0.15) is 17.0 Å². The van der Waals surface area contributed by atoms with Gasteiger partial charge in [0.25, 0.3) is 0 Å². The average molecular weight is 355 g/mol. The number of halogens is 2. The van der Waals surface area contributed by atoms with Gasteiger partial charge < -0.3 is 4.74 Å². The molecule has 6 heteroatoms. The molecule has 0 fully saturated rings. The largest absolute Gasteiger partial charge is 0.456 e. The molecular weight excluding hydrogens is 339 g/mol. The molecule has 2 rings (SSSR count). The molecule has 1 aromatic heterocycles. The second-order valence-corrected chi connectivity index (χ2v) is 6.10. The van der Waals surface area contributed by atoms with E-state index in [1.807, 2.05) is 0 Å². The molecule has 0 atom stereocenters. The summed E-state index contributed by atoms with van der Waals surface area (Å²) in [5.74, 6) is -0.948. The minimum absolute atomic E-state index is 0.256. The van der Waals surface area contributed by atoms with Gasteiger partial charge in [-0.3, -0.25) is 5.10 Å². The number of nitrogens with one attached hydrogen (secondary N) is 1. The van der Waals surface area contributed by atoms with Crippen molar-refractivity contribution < 1.29 is 13.9 Å². The van der Waals surface area contributed by atoms with E-state index in [9.17, 15) is 9.18 Å². The molecule has 0 amide bonds. The summed E-state index contributed by atoms with van der Waals surface area (Å²) in [5, 5.41) is 7.16. The summed E-state index contributed by atoms with van der Waals surface area (Å²) in [4.78, 5) is 12.4. The highest BCUT2D eigenvalue weighted by Gasteiger charge is 2.27. The highest BCUT2D eigenvalue weighted by atomic mass is 79.9. The van der Waals surface area contributed by atoms with Crippen LogP contribution < -0.4 is 0 Å². The van der Waals surface area contributed by atoms with Gasteiger partial charge in [-0.2, -0.15) is 5.10 Å². The van der Waals surface area contributed by atoms with E-state index < -0.39 is 17.4 Å². The normalized spacial score (nSPS) is 11.5. The van der Waals surface area contributed by atoms with Crippen LogP contribution in [0.4, 0.5) is 4.39 Å². The predicted molar refractivity (Wildman–Crippen MR) is 81.8 cm³/mol. The van der Waals surface area contributed by atoms with E-state index in [4.69, 9.17) is 4.74 Å². The van der Waals surface area contributed by atoms with Crippen molar-refractivity contribution in [3.05, 3.63) is 41.3 Å². The van der Waals surface area contributed by atoms with Crippen molar-refractivity contribution in [1.29, 1.82) is 0 Å². The van der Waals surface area contributed by atoms with E-state index in [2.05, 4.69) is 26.1 Å². The van der Waals surface area contributed by atoms with Crippen LogP contribution in [-0.2, 0) is 10.1 Å². The zero-order valence-electron chi connectivity index (χ0n) is 12.0. The monoisotopic (exact) mass is 354 g/mol. The number of esters is 1. The standard InChI is InChI=1S/C15H16BrFN2O2/c1-15(2,3)21-14(20)12-11(8-16)18-19-13(12)9-6-4-5-7-10(9)17/h4-7H,8H2,1-3H3,(H,18,19). The molecule has 1 aromatic carbocycles. The molecule has 4 nitrogen and oxygen atoms in total. The summed E-state index contributed by atoms with van der Waals surface area (Å²) in [6.45, 7) is 5.34. The first-order valence-corrected chi connectivity index (χ1v) is 7.57. The molecule has 0 aliphatic heterocycles. The lowest BCUT2D eigenvalue weighted by Crippen LogP contribution is -2.24. The third-order valence-corrected chi connectivity index (χ3v) is 3.25. The van der Waals surface area contributed by atoms with Crippen molar-refractivity contribution in [1.82, 2.24) is 10.2 Å². The third-order valence-electron chi connectivity index (χ3n) is 2.71. The summed E-state index contributed by atoms with van der Waals surface area (Å²) < 4.78 is 19.3. The number of aromatic amines is 1. The lowest BCUT2D eigenvalue weighted by atomic mass is 10.1. The van der Waals surface area contributed by atoms with Crippen LogP contribution in [0.3, 0.4) is 0 Å².